The van der Waals surface area contributed by atoms with E-state index in [0.717, 1.165) is 11.4 Å². The standard InChI is InChI=1S/C21H21ClN6O2/c1-12-8-15(27-11-26-12)9-24-20-18(13(2)23)19(22)17(10-25-20)21(29)28-14-4-6-16(30-3)7-5-14/h4-8,10-11,23H,9H2,1-3H3,(H,24,25)(H,28,29). The van der Waals surface area contributed by atoms with Crippen molar-refractivity contribution < 1.29 is 9.53 Å². The molecule has 0 saturated carbocycles. The van der Waals surface area contributed by atoms with Gasteiger partial charge in [0.2, 0.25) is 0 Å². The Morgan fingerprint density at radius 3 is 2.57 bits per heavy atom. The molecule has 154 valence electrons. The Labute approximate surface area is 179 Å². The van der Waals surface area contributed by atoms with E-state index >= 15 is 0 Å². The van der Waals surface area contributed by atoms with Crippen LogP contribution in [0.1, 0.15) is 34.2 Å². The van der Waals surface area contributed by atoms with Gasteiger partial charge in [-0.05, 0) is 44.2 Å². The van der Waals surface area contributed by atoms with E-state index < -0.39 is 5.91 Å². The molecule has 0 aliphatic rings. The minimum atomic E-state index is -0.418. The number of hydrogen-bond acceptors (Lipinski definition) is 7. The van der Waals surface area contributed by atoms with Crippen LogP contribution in [0.5, 0.6) is 5.75 Å². The van der Waals surface area contributed by atoms with Gasteiger partial charge in [0.15, 0.2) is 0 Å². The van der Waals surface area contributed by atoms with E-state index in [0.29, 0.717) is 29.4 Å². The van der Waals surface area contributed by atoms with Gasteiger partial charge < -0.3 is 20.8 Å². The smallest absolute Gasteiger partial charge is 0.258 e. The number of carbonyl (C=O) groups is 1. The summed E-state index contributed by atoms with van der Waals surface area (Å²) in [6.45, 7) is 3.85. The summed E-state index contributed by atoms with van der Waals surface area (Å²) in [5.41, 5.74) is 2.94. The Morgan fingerprint density at radius 2 is 1.93 bits per heavy atom. The SMILES string of the molecule is COc1ccc(NC(=O)c2cnc(NCc3cc(C)ncn3)c(C(C)=N)c2Cl)cc1. The first-order valence-electron chi connectivity index (χ1n) is 9.10. The largest absolute Gasteiger partial charge is 0.497 e. The van der Waals surface area contributed by atoms with Gasteiger partial charge in [-0.25, -0.2) is 15.0 Å². The Morgan fingerprint density at radius 1 is 1.20 bits per heavy atom. The molecule has 0 bridgehead atoms. The predicted molar refractivity (Wildman–Crippen MR) is 117 cm³/mol. The van der Waals surface area contributed by atoms with Crippen molar-refractivity contribution in [2.75, 3.05) is 17.7 Å². The molecule has 1 amide bonds. The highest BCUT2D eigenvalue weighted by molar-refractivity contribution is 6.38. The Balaban J connectivity index is 1.83. The number of anilines is 2. The molecule has 30 heavy (non-hydrogen) atoms. The van der Waals surface area contributed by atoms with Gasteiger partial charge in [-0.2, -0.15) is 0 Å². The van der Waals surface area contributed by atoms with Crippen LogP contribution in [0.4, 0.5) is 11.5 Å². The van der Waals surface area contributed by atoms with Crippen molar-refractivity contribution in [1.29, 1.82) is 5.41 Å². The highest BCUT2D eigenvalue weighted by Gasteiger charge is 2.20. The average molecular weight is 425 g/mol. The number of methoxy groups -OCH3 is 1. The molecule has 1 aromatic carbocycles. The lowest BCUT2D eigenvalue weighted by molar-refractivity contribution is 0.102. The fraction of sp³-hybridized carbons (Fsp3) is 0.190. The quantitative estimate of drug-likeness (QED) is 0.492. The van der Waals surface area contributed by atoms with Crippen molar-refractivity contribution in [3.05, 3.63) is 70.4 Å². The molecule has 2 heterocycles. The minimum absolute atomic E-state index is 0.157. The molecule has 0 spiro atoms. The molecule has 3 rings (SSSR count). The summed E-state index contributed by atoms with van der Waals surface area (Å²) in [6, 6.07) is 8.78. The number of rotatable bonds is 7. The number of ether oxygens (including phenoxy) is 1. The number of pyridine rings is 1. The summed E-state index contributed by atoms with van der Waals surface area (Å²) >= 11 is 6.50. The molecule has 3 N–H and O–H groups in total. The molecule has 0 fully saturated rings. The van der Waals surface area contributed by atoms with Gasteiger partial charge in [0.05, 0.1) is 35.5 Å². The Hall–Kier alpha value is -3.52. The van der Waals surface area contributed by atoms with Gasteiger partial charge in [0.25, 0.3) is 5.91 Å². The summed E-state index contributed by atoms with van der Waals surface area (Å²) in [7, 11) is 1.57. The van der Waals surface area contributed by atoms with Crippen LogP contribution in [0.2, 0.25) is 5.02 Å². The van der Waals surface area contributed by atoms with Crippen LogP contribution in [0, 0.1) is 12.3 Å². The topological polar surface area (TPSA) is 113 Å². The molecule has 0 atom stereocenters. The third-order valence-electron chi connectivity index (χ3n) is 4.28. The summed E-state index contributed by atoms with van der Waals surface area (Å²) in [5.74, 6) is 0.673. The molecule has 2 aromatic heterocycles. The van der Waals surface area contributed by atoms with E-state index in [2.05, 4.69) is 25.6 Å². The van der Waals surface area contributed by atoms with E-state index in [1.165, 1.54) is 12.5 Å². The number of aryl methyl sites for hydroxylation is 1. The van der Waals surface area contributed by atoms with Gasteiger partial charge in [-0.3, -0.25) is 4.79 Å². The van der Waals surface area contributed by atoms with Crippen molar-refractivity contribution in [2.45, 2.75) is 20.4 Å². The first kappa shape index (κ1) is 21.2. The fourth-order valence-electron chi connectivity index (χ4n) is 2.78. The van der Waals surface area contributed by atoms with Crippen LogP contribution < -0.4 is 15.4 Å². The van der Waals surface area contributed by atoms with Crippen LogP contribution in [0.25, 0.3) is 0 Å². The number of aromatic nitrogens is 3. The maximum atomic E-state index is 12.7. The maximum absolute atomic E-state index is 12.7. The molecule has 0 unspecified atom stereocenters. The number of nitrogens with one attached hydrogen (secondary N) is 3. The second kappa shape index (κ2) is 9.32. The van der Waals surface area contributed by atoms with Crippen molar-refractivity contribution in [2.24, 2.45) is 0 Å². The number of halogens is 1. The van der Waals surface area contributed by atoms with Gasteiger partial charge in [0, 0.05) is 23.3 Å². The molecule has 0 aliphatic heterocycles. The van der Waals surface area contributed by atoms with Gasteiger partial charge in [0.1, 0.15) is 17.9 Å². The average Bonchev–Trinajstić information content (AvgIpc) is 2.72. The normalized spacial score (nSPS) is 10.4. The zero-order valence-electron chi connectivity index (χ0n) is 16.8. The van der Waals surface area contributed by atoms with E-state index in [1.807, 2.05) is 13.0 Å². The number of hydrogen-bond donors (Lipinski definition) is 3. The molecular formula is C21H21ClN6O2. The number of carbonyl (C=O) groups excluding carboxylic acids is 1. The number of nitrogens with zero attached hydrogens (tertiary/aromatic N) is 3. The van der Waals surface area contributed by atoms with Crippen LogP contribution in [-0.4, -0.2) is 33.7 Å². The molecule has 0 radical (unpaired) electrons. The monoisotopic (exact) mass is 424 g/mol. The van der Waals surface area contributed by atoms with Gasteiger partial charge in [-0.1, -0.05) is 11.6 Å². The molecule has 8 nitrogen and oxygen atoms in total. The van der Waals surface area contributed by atoms with Crippen LogP contribution in [-0.2, 0) is 6.54 Å². The zero-order valence-corrected chi connectivity index (χ0v) is 17.5. The summed E-state index contributed by atoms with van der Waals surface area (Å²) in [4.78, 5) is 25.3. The van der Waals surface area contributed by atoms with Crippen LogP contribution in [0.3, 0.4) is 0 Å². The van der Waals surface area contributed by atoms with Crippen molar-refractivity contribution >= 4 is 34.7 Å². The van der Waals surface area contributed by atoms with Crippen molar-refractivity contribution in [3.63, 3.8) is 0 Å². The zero-order chi connectivity index (χ0) is 21.7. The van der Waals surface area contributed by atoms with Crippen LogP contribution in [0.15, 0.2) is 42.9 Å². The molecule has 0 saturated heterocycles. The third-order valence-corrected chi connectivity index (χ3v) is 4.67. The summed E-state index contributed by atoms with van der Waals surface area (Å²) < 4.78 is 5.11. The lowest BCUT2D eigenvalue weighted by Crippen LogP contribution is -2.16. The second-order valence-electron chi connectivity index (χ2n) is 6.52. The van der Waals surface area contributed by atoms with E-state index in [-0.39, 0.29) is 16.3 Å². The predicted octanol–water partition coefficient (Wildman–Crippen LogP) is 4.09. The lowest BCUT2D eigenvalue weighted by atomic mass is 10.1. The van der Waals surface area contributed by atoms with E-state index in [1.54, 1.807) is 38.3 Å². The maximum Gasteiger partial charge on any atom is 0.258 e. The third kappa shape index (κ3) is 4.90. The lowest BCUT2D eigenvalue weighted by Gasteiger charge is -2.15. The summed E-state index contributed by atoms with van der Waals surface area (Å²) in [5, 5.41) is 14.2. The fourth-order valence-corrected chi connectivity index (χ4v) is 3.14. The number of benzene rings is 1. The summed E-state index contributed by atoms with van der Waals surface area (Å²) in [6.07, 6.45) is 2.88. The first-order valence-corrected chi connectivity index (χ1v) is 9.47. The van der Waals surface area contributed by atoms with Crippen molar-refractivity contribution in [3.8, 4) is 5.75 Å². The highest BCUT2D eigenvalue weighted by atomic mass is 35.5. The van der Waals surface area contributed by atoms with Crippen molar-refractivity contribution in [1.82, 2.24) is 15.0 Å². The Bertz CT molecular complexity index is 1090. The van der Waals surface area contributed by atoms with E-state index in [4.69, 9.17) is 21.7 Å². The first-order chi connectivity index (χ1) is 14.4. The van der Waals surface area contributed by atoms with Gasteiger partial charge >= 0.3 is 0 Å². The van der Waals surface area contributed by atoms with E-state index in [9.17, 15) is 4.79 Å². The molecule has 9 heteroatoms. The minimum Gasteiger partial charge on any atom is -0.497 e. The molecule has 3 aromatic rings. The van der Waals surface area contributed by atoms with Crippen LogP contribution >= 0.6 is 11.6 Å². The molecular weight excluding hydrogens is 404 g/mol. The Kier molecular flexibility index (Phi) is 6.58. The highest BCUT2D eigenvalue weighted by Crippen LogP contribution is 2.28. The van der Waals surface area contributed by atoms with Gasteiger partial charge in [-0.15, -0.1) is 0 Å². The number of amides is 1. The molecule has 0 aliphatic carbocycles. The second-order valence-corrected chi connectivity index (χ2v) is 6.90.